The number of hydrogen-bond donors (Lipinski definition) is 2. The SMILES string of the molecule is CCC(C)CNC(=O)c1ccc2cc(C(N)=O)ccc2c1. The van der Waals surface area contributed by atoms with Crippen LogP contribution < -0.4 is 11.1 Å². The third-order valence-electron chi connectivity index (χ3n) is 3.69. The summed E-state index contributed by atoms with van der Waals surface area (Å²) in [6.45, 7) is 4.88. The van der Waals surface area contributed by atoms with E-state index < -0.39 is 5.91 Å². The van der Waals surface area contributed by atoms with E-state index in [4.69, 9.17) is 5.73 Å². The number of amides is 2. The van der Waals surface area contributed by atoms with Crippen molar-refractivity contribution < 1.29 is 9.59 Å². The smallest absolute Gasteiger partial charge is 0.251 e. The monoisotopic (exact) mass is 284 g/mol. The lowest BCUT2D eigenvalue weighted by atomic mass is 10.0. The van der Waals surface area contributed by atoms with Crippen LogP contribution in [0.2, 0.25) is 0 Å². The Balaban J connectivity index is 2.21. The number of nitrogens with two attached hydrogens (primary N) is 1. The Morgan fingerprint density at radius 3 is 2.24 bits per heavy atom. The van der Waals surface area contributed by atoms with Gasteiger partial charge in [-0.1, -0.05) is 32.4 Å². The second kappa shape index (κ2) is 6.39. The van der Waals surface area contributed by atoms with Crippen LogP contribution in [0.4, 0.5) is 0 Å². The van der Waals surface area contributed by atoms with E-state index in [2.05, 4.69) is 19.2 Å². The number of rotatable bonds is 5. The summed E-state index contributed by atoms with van der Waals surface area (Å²) in [7, 11) is 0. The lowest BCUT2D eigenvalue weighted by Gasteiger charge is -2.10. The van der Waals surface area contributed by atoms with Crippen molar-refractivity contribution in [2.45, 2.75) is 20.3 Å². The minimum Gasteiger partial charge on any atom is -0.366 e. The lowest BCUT2D eigenvalue weighted by Crippen LogP contribution is -2.27. The first-order valence-electron chi connectivity index (χ1n) is 7.13. The highest BCUT2D eigenvalue weighted by atomic mass is 16.2. The first-order valence-corrected chi connectivity index (χ1v) is 7.13. The number of hydrogen-bond acceptors (Lipinski definition) is 2. The molecule has 4 heteroatoms. The second-order valence-corrected chi connectivity index (χ2v) is 5.36. The standard InChI is InChI=1S/C17H20N2O2/c1-3-11(2)10-19-17(21)15-7-5-12-8-14(16(18)20)6-4-13(12)9-15/h4-9,11H,3,10H2,1-2H3,(H2,18,20)(H,19,21). The summed E-state index contributed by atoms with van der Waals surface area (Å²) in [5.74, 6) is -0.0593. The molecule has 0 aromatic heterocycles. The molecule has 21 heavy (non-hydrogen) atoms. The average molecular weight is 284 g/mol. The van der Waals surface area contributed by atoms with Crippen LogP contribution >= 0.6 is 0 Å². The molecule has 0 saturated carbocycles. The van der Waals surface area contributed by atoms with Crippen LogP contribution in [0.25, 0.3) is 10.8 Å². The maximum Gasteiger partial charge on any atom is 0.251 e. The van der Waals surface area contributed by atoms with Crippen LogP contribution in [0.15, 0.2) is 36.4 Å². The van der Waals surface area contributed by atoms with Gasteiger partial charge in [0.15, 0.2) is 0 Å². The zero-order valence-electron chi connectivity index (χ0n) is 12.3. The molecule has 0 heterocycles. The quantitative estimate of drug-likeness (QED) is 0.886. The van der Waals surface area contributed by atoms with Crippen molar-refractivity contribution in [1.82, 2.24) is 5.32 Å². The molecule has 0 aliphatic rings. The van der Waals surface area contributed by atoms with E-state index >= 15 is 0 Å². The maximum atomic E-state index is 12.1. The summed E-state index contributed by atoms with van der Waals surface area (Å²) in [5, 5.41) is 4.74. The first kappa shape index (κ1) is 15.0. The van der Waals surface area contributed by atoms with E-state index in [9.17, 15) is 9.59 Å². The third kappa shape index (κ3) is 3.60. The van der Waals surface area contributed by atoms with Crippen molar-refractivity contribution in [3.05, 3.63) is 47.5 Å². The molecule has 110 valence electrons. The summed E-state index contributed by atoms with van der Waals surface area (Å²) >= 11 is 0. The van der Waals surface area contributed by atoms with Crippen molar-refractivity contribution in [3.63, 3.8) is 0 Å². The molecule has 2 amide bonds. The minimum atomic E-state index is -0.452. The molecular formula is C17H20N2O2. The van der Waals surface area contributed by atoms with Crippen LogP contribution in [0, 0.1) is 5.92 Å². The van der Waals surface area contributed by atoms with Crippen LogP contribution in [0.1, 0.15) is 41.0 Å². The van der Waals surface area contributed by atoms with Gasteiger partial charge in [-0.05, 0) is 41.0 Å². The van der Waals surface area contributed by atoms with Crippen molar-refractivity contribution in [2.75, 3.05) is 6.54 Å². The van der Waals surface area contributed by atoms with Gasteiger partial charge in [0.05, 0.1) is 0 Å². The molecule has 0 bridgehead atoms. The second-order valence-electron chi connectivity index (χ2n) is 5.36. The molecule has 0 radical (unpaired) electrons. The van der Waals surface area contributed by atoms with Crippen molar-refractivity contribution in [1.29, 1.82) is 0 Å². The molecular weight excluding hydrogens is 264 g/mol. The van der Waals surface area contributed by atoms with Gasteiger partial charge < -0.3 is 11.1 Å². The number of carbonyl (C=O) groups excluding carboxylic acids is 2. The minimum absolute atomic E-state index is 0.0730. The van der Waals surface area contributed by atoms with E-state index in [1.165, 1.54) is 0 Å². The Labute approximate surface area is 124 Å². The number of benzene rings is 2. The summed E-state index contributed by atoms with van der Waals surface area (Å²) in [4.78, 5) is 23.3. The van der Waals surface area contributed by atoms with Crippen LogP contribution in [0.3, 0.4) is 0 Å². The molecule has 2 aromatic carbocycles. The van der Waals surface area contributed by atoms with E-state index in [1.54, 1.807) is 24.3 Å². The van der Waals surface area contributed by atoms with Crippen LogP contribution in [-0.4, -0.2) is 18.4 Å². The highest BCUT2D eigenvalue weighted by molar-refractivity contribution is 6.01. The van der Waals surface area contributed by atoms with Gasteiger partial charge in [0.2, 0.25) is 5.91 Å². The van der Waals surface area contributed by atoms with Gasteiger partial charge in [0.1, 0.15) is 0 Å². The Hall–Kier alpha value is -2.36. The normalized spacial score (nSPS) is 12.1. The molecule has 2 rings (SSSR count). The Morgan fingerprint density at radius 1 is 1.10 bits per heavy atom. The first-order chi connectivity index (χ1) is 10.0. The van der Waals surface area contributed by atoms with E-state index in [1.807, 2.05) is 12.1 Å². The van der Waals surface area contributed by atoms with Crippen molar-refractivity contribution >= 4 is 22.6 Å². The Bertz CT molecular complexity index is 680. The topological polar surface area (TPSA) is 72.2 Å². The molecule has 1 atom stereocenters. The molecule has 1 unspecified atom stereocenters. The van der Waals surface area contributed by atoms with Crippen molar-refractivity contribution in [2.24, 2.45) is 11.7 Å². The van der Waals surface area contributed by atoms with Gasteiger partial charge >= 0.3 is 0 Å². The summed E-state index contributed by atoms with van der Waals surface area (Å²) in [6, 6.07) is 10.6. The van der Waals surface area contributed by atoms with E-state index in [0.717, 1.165) is 17.2 Å². The summed E-state index contributed by atoms with van der Waals surface area (Å²) in [5.41, 5.74) is 6.35. The molecule has 3 N–H and O–H groups in total. The molecule has 0 aliphatic carbocycles. The summed E-state index contributed by atoms with van der Waals surface area (Å²) < 4.78 is 0. The van der Waals surface area contributed by atoms with Gasteiger partial charge in [-0.25, -0.2) is 0 Å². The Kier molecular flexibility index (Phi) is 4.58. The van der Waals surface area contributed by atoms with Gasteiger partial charge in [0, 0.05) is 17.7 Å². The van der Waals surface area contributed by atoms with Crippen molar-refractivity contribution in [3.8, 4) is 0 Å². The molecule has 0 saturated heterocycles. The number of carbonyl (C=O) groups is 2. The van der Waals surface area contributed by atoms with E-state index in [0.29, 0.717) is 23.6 Å². The molecule has 0 aliphatic heterocycles. The largest absolute Gasteiger partial charge is 0.366 e. The predicted octanol–water partition coefficient (Wildman–Crippen LogP) is 2.71. The fourth-order valence-corrected chi connectivity index (χ4v) is 2.05. The fourth-order valence-electron chi connectivity index (χ4n) is 2.05. The Morgan fingerprint density at radius 2 is 1.67 bits per heavy atom. The van der Waals surface area contributed by atoms with Gasteiger partial charge in [-0.2, -0.15) is 0 Å². The summed E-state index contributed by atoms with van der Waals surface area (Å²) in [6.07, 6.45) is 1.04. The highest BCUT2D eigenvalue weighted by Crippen LogP contribution is 2.18. The number of primary amides is 1. The number of nitrogens with one attached hydrogen (secondary N) is 1. The molecule has 2 aromatic rings. The van der Waals surface area contributed by atoms with Gasteiger partial charge in [0.25, 0.3) is 5.91 Å². The average Bonchev–Trinajstić information content (AvgIpc) is 2.50. The zero-order valence-corrected chi connectivity index (χ0v) is 12.3. The molecule has 0 fully saturated rings. The zero-order chi connectivity index (χ0) is 15.4. The fraction of sp³-hybridized carbons (Fsp3) is 0.294. The number of fused-ring (bicyclic) bond motifs is 1. The van der Waals surface area contributed by atoms with Crippen LogP contribution in [-0.2, 0) is 0 Å². The van der Waals surface area contributed by atoms with E-state index in [-0.39, 0.29) is 5.91 Å². The van der Waals surface area contributed by atoms with Crippen LogP contribution in [0.5, 0.6) is 0 Å². The molecule has 0 spiro atoms. The van der Waals surface area contributed by atoms with Gasteiger partial charge in [-0.3, -0.25) is 9.59 Å². The lowest BCUT2D eigenvalue weighted by molar-refractivity contribution is 0.0946. The maximum absolute atomic E-state index is 12.1. The molecule has 4 nitrogen and oxygen atoms in total. The highest BCUT2D eigenvalue weighted by Gasteiger charge is 2.08. The third-order valence-corrected chi connectivity index (χ3v) is 3.69. The van der Waals surface area contributed by atoms with Gasteiger partial charge in [-0.15, -0.1) is 0 Å². The predicted molar refractivity (Wildman–Crippen MR) is 84.3 cm³/mol.